The van der Waals surface area contributed by atoms with Crippen LogP contribution in [-0.2, 0) is 10.1 Å². The highest BCUT2D eigenvalue weighted by Gasteiger charge is 2.34. The molecule has 0 heterocycles. The number of rotatable bonds is 5. The summed E-state index contributed by atoms with van der Waals surface area (Å²) in [5, 5.41) is 9.20. The molecule has 6 heteroatoms. The molecule has 0 rings (SSSR count). The van der Waals surface area contributed by atoms with Crippen LogP contribution in [0, 0.1) is 0 Å². The smallest absolute Gasteiger partial charge is 0.294 e. The standard InChI is InChI=1S/C6H13ClO4S/c1-6(8,12(9,10)11)4-2-3-5-7/h8H,2-5H2,1H3,(H,9,10,11). The van der Waals surface area contributed by atoms with E-state index in [2.05, 4.69) is 0 Å². The summed E-state index contributed by atoms with van der Waals surface area (Å²) >= 11 is 5.35. The number of hydrogen-bond donors (Lipinski definition) is 2. The second-order valence-corrected chi connectivity index (χ2v) is 5.00. The van der Waals surface area contributed by atoms with Crippen molar-refractivity contribution in [2.45, 2.75) is 31.1 Å². The Hall–Kier alpha value is 0.160. The molecule has 0 aromatic heterocycles. The maximum Gasteiger partial charge on any atom is 0.294 e. The molecule has 12 heavy (non-hydrogen) atoms. The van der Waals surface area contributed by atoms with Crippen LogP contribution in [0.1, 0.15) is 26.2 Å². The first-order chi connectivity index (χ1) is 5.31. The summed E-state index contributed by atoms with van der Waals surface area (Å²) < 4.78 is 29.6. The second-order valence-electron chi connectivity index (χ2n) is 2.80. The lowest BCUT2D eigenvalue weighted by Crippen LogP contribution is -2.34. The number of unbranched alkanes of at least 4 members (excludes halogenated alkanes) is 1. The van der Waals surface area contributed by atoms with Gasteiger partial charge in [0.1, 0.15) is 0 Å². The molecule has 1 unspecified atom stereocenters. The van der Waals surface area contributed by atoms with E-state index in [0.29, 0.717) is 18.7 Å². The van der Waals surface area contributed by atoms with E-state index in [-0.39, 0.29) is 6.42 Å². The van der Waals surface area contributed by atoms with E-state index in [4.69, 9.17) is 16.2 Å². The zero-order valence-corrected chi connectivity index (χ0v) is 8.40. The van der Waals surface area contributed by atoms with Crippen molar-refractivity contribution in [1.29, 1.82) is 0 Å². The summed E-state index contributed by atoms with van der Waals surface area (Å²) in [6.07, 6.45) is 1.09. The number of hydrogen-bond acceptors (Lipinski definition) is 3. The van der Waals surface area contributed by atoms with Gasteiger partial charge in [-0.05, 0) is 26.2 Å². The van der Waals surface area contributed by atoms with Gasteiger partial charge in [-0.3, -0.25) is 4.55 Å². The summed E-state index contributed by atoms with van der Waals surface area (Å²) in [7, 11) is -4.37. The molecule has 0 bridgehead atoms. The molecular weight excluding hydrogens is 204 g/mol. The van der Waals surface area contributed by atoms with Crippen LogP contribution >= 0.6 is 11.6 Å². The zero-order valence-electron chi connectivity index (χ0n) is 6.83. The highest BCUT2D eigenvalue weighted by Crippen LogP contribution is 2.19. The van der Waals surface area contributed by atoms with Crippen LogP contribution in [0.2, 0.25) is 0 Å². The highest BCUT2D eigenvalue weighted by atomic mass is 35.5. The molecule has 0 aromatic rings. The average Bonchev–Trinajstić information content (AvgIpc) is 1.85. The minimum absolute atomic E-state index is 0.00144. The molecule has 0 radical (unpaired) electrons. The van der Waals surface area contributed by atoms with Gasteiger partial charge in [-0.1, -0.05) is 0 Å². The summed E-state index contributed by atoms with van der Waals surface area (Å²) in [5.74, 6) is 0.418. The molecular formula is C6H13ClO4S. The van der Waals surface area contributed by atoms with Crippen LogP contribution in [0.3, 0.4) is 0 Å². The Labute approximate surface area is 77.3 Å². The van der Waals surface area contributed by atoms with Gasteiger partial charge in [0.15, 0.2) is 4.93 Å². The Morgan fingerprint density at radius 1 is 1.42 bits per heavy atom. The summed E-state index contributed by atoms with van der Waals surface area (Å²) in [6, 6.07) is 0. The minimum atomic E-state index is -4.37. The van der Waals surface area contributed by atoms with E-state index < -0.39 is 15.1 Å². The van der Waals surface area contributed by atoms with E-state index in [1.54, 1.807) is 0 Å². The topological polar surface area (TPSA) is 74.6 Å². The van der Waals surface area contributed by atoms with Gasteiger partial charge < -0.3 is 5.11 Å². The molecule has 0 saturated heterocycles. The average molecular weight is 217 g/mol. The first-order valence-corrected chi connectivity index (χ1v) is 5.54. The molecule has 0 amide bonds. The quantitative estimate of drug-likeness (QED) is 0.408. The second kappa shape index (κ2) is 4.41. The molecule has 0 spiro atoms. The van der Waals surface area contributed by atoms with Gasteiger partial charge in [0, 0.05) is 5.88 Å². The SMILES string of the molecule is CC(O)(CCCCCl)S(=O)(=O)O. The van der Waals surface area contributed by atoms with E-state index in [1.165, 1.54) is 0 Å². The summed E-state index contributed by atoms with van der Waals surface area (Å²) in [4.78, 5) is -2.04. The summed E-state index contributed by atoms with van der Waals surface area (Å²) in [6.45, 7) is 1.07. The van der Waals surface area contributed by atoms with Crippen molar-refractivity contribution in [3.05, 3.63) is 0 Å². The monoisotopic (exact) mass is 216 g/mol. The number of halogens is 1. The van der Waals surface area contributed by atoms with Crippen LogP contribution in [0.25, 0.3) is 0 Å². The van der Waals surface area contributed by atoms with Crippen LogP contribution in [0.15, 0.2) is 0 Å². The molecule has 2 N–H and O–H groups in total. The van der Waals surface area contributed by atoms with Crippen molar-refractivity contribution in [2.75, 3.05) is 5.88 Å². The van der Waals surface area contributed by atoms with Crippen LogP contribution in [-0.4, -0.2) is 28.9 Å². The third-order valence-electron chi connectivity index (χ3n) is 1.58. The normalized spacial score (nSPS) is 17.3. The Kier molecular flexibility index (Phi) is 4.47. The van der Waals surface area contributed by atoms with Gasteiger partial charge in [0.2, 0.25) is 0 Å². The van der Waals surface area contributed by atoms with Crippen molar-refractivity contribution in [3.8, 4) is 0 Å². The first-order valence-electron chi connectivity index (χ1n) is 3.56. The van der Waals surface area contributed by atoms with Gasteiger partial charge in [0.05, 0.1) is 0 Å². The number of aliphatic hydroxyl groups is 1. The van der Waals surface area contributed by atoms with Crippen LogP contribution in [0.5, 0.6) is 0 Å². The molecule has 0 aromatic carbocycles. The van der Waals surface area contributed by atoms with Gasteiger partial charge in [0.25, 0.3) is 10.1 Å². The lowest BCUT2D eigenvalue weighted by atomic mass is 10.2. The fourth-order valence-corrected chi connectivity index (χ4v) is 1.27. The van der Waals surface area contributed by atoms with Gasteiger partial charge in [-0.2, -0.15) is 8.42 Å². The Balaban J connectivity index is 4.06. The molecule has 0 aliphatic rings. The molecule has 0 saturated carbocycles. The molecule has 74 valence electrons. The first kappa shape index (κ1) is 12.2. The molecule has 0 fully saturated rings. The minimum Gasteiger partial charge on any atom is -0.373 e. The lowest BCUT2D eigenvalue weighted by molar-refractivity contribution is 0.120. The van der Waals surface area contributed by atoms with Crippen LogP contribution < -0.4 is 0 Å². The predicted octanol–water partition coefficient (Wildman–Crippen LogP) is 0.992. The predicted molar refractivity (Wildman–Crippen MR) is 46.7 cm³/mol. The fourth-order valence-electron chi connectivity index (χ4n) is 0.676. The molecule has 4 nitrogen and oxygen atoms in total. The Bertz CT molecular complexity index is 222. The lowest BCUT2D eigenvalue weighted by Gasteiger charge is -2.18. The van der Waals surface area contributed by atoms with Crippen molar-refractivity contribution in [2.24, 2.45) is 0 Å². The van der Waals surface area contributed by atoms with Crippen molar-refractivity contribution in [3.63, 3.8) is 0 Å². The summed E-state index contributed by atoms with van der Waals surface area (Å²) in [5.41, 5.74) is 0. The maximum absolute atomic E-state index is 10.5. The van der Waals surface area contributed by atoms with E-state index in [0.717, 1.165) is 6.92 Å². The molecule has 1 atom stereocenters. The van der Waals surface area contributed by atoms with Gasteiger partial charge >= 0.3 is 0 Å². The third-order valence-corrected chi connectivity index (χ3v) is 3.16. The highest BCUT2D eigenvalue weighted by molar-refractivity contribution is 7.87. The zero-order chi connectivity index (χ0) is 9.83. The number of alkyl halides is 1. The van der Waals surface area contributed by atoms with Crippen molar-refractivity contribution in [1.82, 2.24) is 0 Å². The van der Waals surface area contributed by atoms with Crippen LogP contribution in [0.4, 0.5) is 0 Å². The van der Waals surface area contributed by atoms with Gasteiger partial charge in [-0.15, -0.1) is 11.6 Å². The van der Waals surface area contributed by atoms with E-state index in [9.17, 15) is 13.5 Å². The Morgan fingerprint density at radius 3 is 2.25 bits per heavy atom. The van der Waals surface area contributed by atoms with Crippen molar-refractivity contribution >= 4 is 21.7 Å². The fraction of sp³-hybridized carbons (Fsp3) is 1.00. The third kappa shape index (κ3) is 3.71. The molecule has 0 aliphatic heterocycles. The molecule has 0 aliphatic carbocycles. The Morgan fingerprint density at radius 2 is 1.92 bits per heavy atom. The van der Waals surface area contributed by atoms with E-state index >= 15 is 0 Å². The van der Waals surface area contributed by atoms with E-state index in [1.807, 2.05) is 0 Å². The maximum atomic E-state index is 10.5. The largest absolute Gasteiger partial charge is 0.373 e. The van der Waals surface area contributed by atoms with Gasteiger partial charge in [-0.25, -0.2) is 0 Å². The van der Waals surface area contributed by atoms with Crippen molar-refractivity contribution < 1.29 is 18.1 Å².